The van der Waals surface area contributed by atoms with Crippen LogP contribution < -0.4 is 5.18 Å². The summed E-state index contributed by atoms with van der Waals surface area (Å²) < 4.78 is 4.54. The summed E-state index contributed by atoms with van der Waals surface area (Å²) in [6.45, 7) is 2.52. The highest BCUT2D eigenvalue weighted by atomic mass is 16.6. The van der Waals surface area contributed by atoms with Crippen molar-refractivity contribution in [2.75, 3.05) is 6.61 Å². The van der Waals surface area contributed by atoms with E-state index in [0.717, 1.165) is 12.8 Å². The zero-order valence-corrected chi connectivity index (χ0v) is 8.17. The molecule has 0 saturated heterocycles. The summed E-state index contributed by atoms with van der Waals surface area (Å²) in [7, 11) is 0. The summed E-state index contributed by atoms with van der Waals surface area (Å²) in [5.74, 6) is 0. The molecule has 0 fully saturated rings. The number of carbonyl (C=O) groups is 1. The molecule has 0 aliphatic heterocycles. The first-order valence-electron chi connectivity index (χ1n) is 4.86. The topological polar surface area (TPSA) is 57.3 Å². The number of ether oxygens (including phenoxy) is 1. The normalized spacial score (nSPS) is 9.62. The summed E-state index contributed by atoms with van der Waals surface area (Å²) >= 11 is 0. The standard InChI is InChI=1S/C9H17NO3/c1-2-3-4-5-6-7-8-13-9(11)10-12/h2-8H2,1H3/p+1. The monoisotopic (exact) mass is 188 g/mol. The minimum absolute atomic E-state index is 0.347. The van der Waals surface area contributed by atoms with Crippen LogP contribution >= 0.6 is 0 Å². The van der Waals surface area contributed by atoms with Crippen LogP contribution in [-0.2, 0) is 4.74 Å². The third-order valence-corrected chi connectivity index (χ3v) is 1.81. The molecule has 13 heavy (non-hydrogen) atoms. The SMILES string of the molecule is CCCCCCCCOC(=O)[NH+]=O. The van der Waals surface area contributed by atoms with Crippen LogP contribution in [0.25, 0.3) is 0 Å². The molecule has 0 aromatic rings. The molecule has 1 N–H and O–H groups in total. The molecule has 0 aromatic heterocycles. The van der Waals surface area contributed by atoms with E-state index in [1.165, 1.54) is 30.9 Å². The molecular formula is C9H18NO3+. The van der Waals surface area contributed by atoms with Crippen molar-refractivity contribution in [1.82, 2.24) is 0 Å². The van der Waals surface area contributed by atoms with Crippen molar-refractivity contribution in [3.8, 4) is 0 Å². The third kappa shape index (κ3) is 8.98. The Labute approximate surface area is 78.6 Å². The maximum absolute atomic E-state index is 10.3. The van der Waals surface area contributed by atoms with Gasteiger partial charge in [-0.15, -0.1) is 0 Å². The second-order valence-electron chi connectivity index (χ2n) is 3.01. The van der Waals surface area contributed by atoms with Gasteiger partial charge in [0, 0.05) is 4.91 Å². The van der Waals surface area contributed by atoms with Crippen molar-refractivity contribution < 1.29 is 14.7 Å². The van der Waals surface area contributed by atoms with Crippen LogP contribution in [0, 0.1) is 4.91 Å². The van der Waals surface area contributed by atoms with Crippen molar-refractivity contribution >= 4 is 6.09 Å². The second-order valence-corrected chi connectivity index (χ2v) is 3.01. The molecule has 0 spiro atoms. The largest absolute Gasteiger partial charge is 0.642 e. The molecule has 4 nitrogen and oxygen atoms in total. The van der Waals surface area contributed by atoms with Gasteiger partial charge in [-0.05, 0) is 6.42 Å². The van der Waals surface area contributed by atoms with E-state index in [1.54, 1.807) is 0 Å². The number of nitrogens with one attached hydrogen (secondary N) is 1. The highest BCUT2D eigenvalue weighted by molar-refractivity contribution is 5.54. The number of unbranched alkanes of at least 4 members (excludes halogenated alkanes) is 5. The van der Waals surface area contributed by atoms with E-state index in [9.17, 15) is 9.70 Å². The number of nitroso groups, excluding NO2 is 1. The Kier molecular flexibility index (Phi) is 8.51. The minimum Gasteiger partial charge on any atom is -0.409 e. The summed E-state index contributed by atoms with van der Waals surface area (Å²) in [5.41, 5.74) is 0. The van der Waals surface area contributed by atoms with E-state index in [1.807, 2.05) is 0 Å². The van der Waals surface area contributed by atoms with Crippen LogP contribution in [-0.4, -0.2) is 12.7 Å². The Hall–Kier alpha value is -0.930. The van der Waals surface area contributed by atoms with Gasteiger partial charge in [0.1, 0.15) is 0 Å². The van der Waals surface area contributed by atoms with Gasteiger partial charge in [0.25, 0.3) is 0 Å². The van der Waals surface area contributed by atoms with Gasteiger partial charge < -0.3 is 4.74 Å². The number of hydrogen-bond donors (Lipinski definition) is 1. The molecule has 0 rings (SSSR count). The maximum Gasteiger partial charge on any atom is 0.642 e. The first-order valence-corrected chi connectivity index (χ1v) is 4.86. The van der Waals surface area contributed by atoms with Gasteiger partial charge in [-0.2, -0.15) is 4.79 Å². The fourth-order valence-electron chi connectivity index (χ4n) is 1.08. The number of amides is 1. The molecule has 0 aliphatic carbocycles. The van der Waals surface area contributed by atoms with Crippen molar-refractivity contribution in [1.29, 1.82) is 0 Å². The van der Waals surface area contributed by atoms with Gasteiger partial charge in [0.05, 0.1) is 11.8 Å². The Bertz CT molecular complexity index is 148. The summed E-state index contributed by atoms with van der Waals surface area (Å²) in [4.78, 5) is 20.0. The Morgan fingerprint density at radius 1 is 1.15 bits per heavy atom. The Morgan fingerprint density at radius 3 is 2.38 bits per heavy atom. The number of rotatable bonds is 7. The Morgan fingerprint density at radius 2 is 1.77 bits per heavy atom. The lowest BCUT2D eigenvalue weighted by atomic mass is 10.1. The molecule has 0 heterocycles. The van der Waals surface area contributed by atoms with Gasteiger partial charge in [-0.3, -0.25) is 0 Å². The van der Waals surface area contributed by atoms with Crippen LogP contribution in [0.2, 0.25) is 0 Å². The van der Waals surface area contributed by atoms with Crippen LogP contribution in [0.5, 0.6) is 0 Å². The zero-order valence-electron chi connectivity index (χ0n) is 8.17. The van der Waals surface area contributed by atoms with E-state index in [2.05, 4.69) is 11.7 Å². The average molecular weight is 188 g/mol. The molecule has 4 heteroatoms. The van der Waals surface area contributed by atoms with Gasteiger partial charge in [-0.1, -0.05) is 39.0 Å². The molecule has 0 bridgehead atoms. The minimum atomic E-state index is -0.881. The fraction of sp³-hybridized carbons (Fsp3) is 0.889. The van der Waals surface area contributed by atoms with Crippen molar-refractivity contribution in [3.63, 3.8) is 0 Å². The number of hydrogen-bond acceptors (Lipinski definition) is 3. The molecule has 76 valence electrons. The maximum atomic E-state index is 10.3. The zero-order chi connectivity index (χ0) is 9.94. The third-order valence-electron chi connectivity index (χ3n) is 1.81. The van der Waals surface area contributed by atoms with Crippen molar-refractivity contribution in [2.24, 2.45) is 0 Å². The van der Waals surface area contributed by atoms with Gasteiger partial charge in [0.2, 0.25) is 0 Å². The van der Waals surface area contributed by atoms with E-state index in [-0.39, 0.29) is 0 Å². The van der Waals surface area contributed by atoms with Crippen molar-refractivity contribution in [2.45, 2.75) is 45.4 Å². The molecule has 0 radical (unpaired) electrons. The van der Waals surface area contributed by atoms with Gasteiger partial charge in [-0.25, -0.2) is 0 Å². The lowest BCUT2D eigenvalue weighted by molar-refractivity contribution is -0.391. The van der Waals surface area contributed by atoms with Crippen LogP contribution in [0.15, 0.2) is 0 Å². The van der Waals surface area contributed by atoms with E-state index in [0.29, 0.717) is 6.61 Å². The molecule has 0 atom stereocenters. The van der Waals surface area contributed by atoms with Crippen LogP contribution in [0.3, 0.4) is 0 Å². The first-order chi connectivity index (χ1) is 6.31. The van der Waals surface area contributed by atoms with Gasteiger partial charge >= 0.3 is 6.09 Å². The lowest BCUT2D eigenvalue weighted by Crippen LogP contribution is -2.69. The Balaban J connectivity index is 2.99. The highest BCUT2D eigenvalue weighted by Crippen LogP contribution is 2.04. The second kappa shape index (κ2) is 9.16. The van der Waals surface area contributed by atoms with Gasteiger partial charge in [0.15, 0.2) is 0 Å². The summed E-state index contributed by atoms with van der Waals surface area (Å²) in [6, 6.07) is 0. The molecule has 0 saturated carbocycles. The summed E-state index contributed by atoms with van der Waals surface area (Å²) in [5, 5.41) is 1.17. The molecule has 0 aliphatic rings. The molecule has 0 aromatic carbocycles. The highest BCUT2D eigenvalue weighted by Gasteiger charge is 2.06. The van der Waals surface area contributed by atoms with Crippen LogP contribution in [0.4, 0.5) is 4.79 Å². The van der Waals surface area contributed by atoms with Crippen LogP contribution in [0.1, 0.15) is 45.4 Å². The average Bonchev–Trinajstić information content (AvgIpc) is 2.16. The quantitative estimate of drug-likeness (QED) is 0.613. The van der Waals surface area contributed by atoms with E-state index in [4.69, 9.17) is 0 Å². The smallest absolute Gasteiger partial charge is 0.409 e. The van der Waals surface area contributed by atoms with E-state index >= 15 is 0 Å². The number of carbonyl (C=O) groups excluding carboxylic acids is 1. The summed E-state index contributed by atoms with van der Waals surface area (Å²) in [6.07, 6.45) is 5.94. The lowest BCUT2D eigenvalue weighted by Gasteiger charge is -1.98. The molecule has 0 unspecified atom stereocenters. The predicted molar refractivity (Wildman–Crippen MR) is 49.1 cm³/mol. The molecular weight excluding hydrogens is 170 g/mol. The predicted octanol–water partition coefficient (Wildman–Crippen LogP) is 1.33. The molecule has 1 amide bonds. The van der Waals surface area contributed by atoms with Crippen molar-refractivity contribution in [3.05, 3.63) is 4.91 Å². The van der Waals surface area contributed by atoms with E-state index < -0.39 is 6.09 Å². The first kappa shape index (κ1) is 12.1. The fourth-order valence-corrected chi connectivity index (χ4v) is 1.08.